The molecular formula is C21H23BrN2O4S2. The van der Waals surface area contributed by atoms with E-state index in [9.17, 15) is 9.59 Å². The summed E-state index contributed by atoms with van der Waals surface area (Å²) in [6.07, 6.45) is 4.70. The summed E-state index contributed by atoms with van der Waals surface area (Å²) < 4.78 is 11.5. The van der Waals surface area contributed by atoms with Crippen molar-refractivity contribution in [3.05, 3.63) is 44.2 Å². The molecule has 0 saturated carbocycles. The monoisotopic (exact) mass is 510 g/mol. The molecule has 3 rings (SSSR count). The molecule has 0 unspecified atom stereocenters. The molecule has 1 aromatic carbocycles. The maximum absolute atomic E-state index is 12.8. The van der Waals surface area contributed by atoms with E-state index in [2.05, 4.69) is 33.5 Å². The molecule has 0 spiro atoms. The summed E-state index contributed by atoms with van der Waals surface area (Å²) in [7, 11) is 1.36. The van der Waals surface area contributed by atoms with Crippen LogP contribution in [0.3, 0.4) is 0 Å². The Kier molecular flexibility index (Phi) is 7.85. The third-order valence-corrected chi connectivity index (χ3v) is 6.61. The average molecular weight is 511 g/mol. The molecule has 160 valence electrons. The van der Waals surface area contributed by atoms with E-state index in [0.717, 1.165) is 47.0 Å². The zero-order valence-corrected chi connectivity index (χ0v) is 20.0. The minimum Gasteiger partial charge on any atom is -0.493 e. The molecule has 0 atom stereocenters. The number of halogens is 1. The number of fused-ring (bicyclic) bond motifs is 1. The number of hydrogen-bond donors (Lipinski definition) is 2. The maximum Gasteiger partial charge on any atom is 0.341 e. The molecule has 9 heteroatoms. The predicted molar refractivity (Wildman–Crippen MR) is 126 cm³/mol. The van der Waals surface area contributed by atoms with Gasteiger partial charge in [-0.15, -0.1) is 11.3 Å². The fourth-order valence-electron chi connectivity index (χ4n) is 3.25. The predicted octanol–water partition coefficient (Wildman–Crippen LogP) is 5.09. The van der Waals surface area contributed by atoms with Crippen molar-refractivity contribution in [3.8, 4) is 5.75 Å². The van der Waals surface area contributed by atoms with Crippen molar-refractivity contribution in [1.29, 1.82) is 0 Å². The highest BCUT2D eigenvalue weighted by molar-refractivity contribution is 9.10. The summed E-state index contributed by atoms with van der Waals surface area (Å²) in [4.78, 5) is 26.3. The molecule has 1 amide bonds. The first kappa shape index (κ1) is 22.7. The number of ether oxygens (including phenoxy) is 2. The fourth-order valence-corrected chi connectivity index (χ4v) is 5.15. The number of hydrogen-bond acceptors (Lipinski definition) is 6. The number of unbranched alkanes of at least 4 members (excludes halogenated alkanes) is 1. The molecule has 0 fully saturated rings. The molecule has 0 radical (unpaired) electrons. The van der Waals surface area contributed by atoms with E-state index < -0.39 is 5.97 Å². The number of anilines is 1. The number of benzene rings is 1. The number of esters is 1. The molecular weight excluding hydrogens is 488 g/mol. The van der Waals surface area contributed by atoms with Gasteiger partial charge >= 0.3 is 5.97 Å². The Labute approximate surface area is 193 Å². The lowest BCUT2D eigenvalue weighted by Gasteiger charge is -2.13. The van der Waals surface area contributed by atoms with Crippen molar-refractivity contribution in [2.75, 3.05) is 19.0 Å². The van der Waals surface area contributed by atoms with Crippen molar-refractivity contribution in [3.63, 3.8) is 0 Å². The van der Waals surface area contributed by atoms with Crippen molar-refractivity contribution < 1.29 is 19.1 Å². The highest BCUT2D eigenvalue weighted by Gasteiger charge is 2.28. The van der Waals surface area contributed by atoms with Gasteiger partial charge in [0.05, 0.1) is 24.8 Å². The first-order valence-electron chi connectivity index (χ1n) is 9.72. The third-order valence-electron chi connectivity index (χ3n) is 4.71. The Balaban J connectivity index is 1.74. The Morgan fingerprint density at radius 1 is 1.30 bits per heavy atom. The number of methoxy groups -OCH3 is 1. The molecule has 2 N–H and O–H groups in total. The Hall–Kier alpha value is -1.97. The molecule has 30 heavy (non-hydrogen) atoms. The minimum absolute atomic E-state index is 0.115. The van der Waals surface area contributed by atoms with Crippen molar-refractivity contribution in [2.24, 2.45) is 0 Å². The van der Waals surface area contributed by atoms with Crippen LogP contribution in [0.15, 0.2) is 22.7 Å². The van der Waals surface area contributed by atoms with Crippen LogP contribution in [0.1, 0.15) is 57.3 Å². The van der Waals surface area contributed by atoms with Crippen LogP contribution >= 0.6 is 39.5 Å². The van der Waals surface area contributed by atoms with Crippen molar-refractivity contribution in [1.82, 2.24) is 5.32 Å². The van der Waals surface area contributed by atoms with Crippen molar-refractivity contribution >= 4 is 61.5 Å². The van der Waals surface area contributed by atoms with Gasteiger partial charge in [-0.3, -0.25) is 10.1 Å². The summed E-state index contributed by atoms with van der Waals surface area (Å²) >= 11 is 10.2. The van der Waals surface area contributed by atoms with Crippen LogP contribution < -0.4 is 15.4 Å². The van der Waals surface area contributed by atoms with E-state index in [4.69, 9.17) is 21.7 Å². The van der Waals surface area contributed by atoms with Gasteiger partial charge < -0.3 is 14.8 Å². The van der Waals surface area contributed by atoms with Gasteiger partial charge in [0.1, 0.15) is 10.8 Å². The number of rotatable bonds is 7. The quantitative estimate of drug-likeness (QED) is 0.306. The van der Waals surface area contributed by atoms with E-state index in [0.29, 0.717) is 28.5 Å². The van der Waals surface area contributed by atoms with Crippen LogP contribution in [-0.2, 0) is 17.6 Å². The molecule has 6 nitrogen and oxygen atoms in total. The Bertz CT molecular complexity index is 974. The summed E-state index contributed by atoms with van der Waals surface area (Å²) in [6, 6.07) is 5.27. The van der Waals surface area contributed by atoms with Gasteiger partial charge in [0.15, 0.2) is 5.11 Å². The normalized spacial score (nSPS) is 12.2. The second-order valence-electron chi connectivity index (χ2n) is 6.80. The molecule has 1 aliphatic carbocycles. The van der Waals surface area contributed by atoms with E-state index in [1.165, 1.54) is 18.4 Å². The summed E-state index contributed by atoms with van der Waals surface area (Å²) in [5.74, 6) is -0.286. The standard InChI is InChI=1S/C21H23BrN2O4S2/c1-3-4-10-28-15-9-8-12(22)11-14(15)18(25)23-21(29)24-19-17(20(26)27-2)13-6-5-7-16(13)30-19/h8-9,11H,3-7,10H2,1-2H3,(H2,23,24,25,29). The fraction of sp³-hybridized carbons (Fsp3) is 0.381. The number of thiophene rings is 1. The molecule has 1 aromatic heterocycles. The second kappa shape index (κ2) is 10.4. The molecule has 1 heterocycles. The Morgan fingerprint density at radius 3 is 2.83 bits per heavy atom. The lowest BCUT2D eigenvalue weighted by Crippen LogP contribution is -2.34. The first-order chi connectivity index (χ1) is 14.4. The maximum atomic E-state index is 12.8. The number of nitrogens with one attached hydrogen (secondary N) is 2. The number of carbonyl (C=O) groups is 2. The smallest absolute Gasteiger partial charge is 0.341 e. The van der Waals surface area contributed by atoms with Gasteiger partial charge in [-0.1, -0.05) is 29.3 Å². The summed E-state index contributed by atoms with van der Waals surface area (Å²) in [6.45, 7) is 2.61. The lowest BCUT2D eigenvalue weighted by molar-refractivity contribution is 0.0601. The number of thiocarbonyl (C=S) groups is 1. The number of amides is 1. The third kappa shape index (κ3) is 5.19. The van der Waals surface area contributed by atoms with Gasteiger partial charge in [0.25, 0.3) is 5.91 Å². The molecule has 0 bridgehead atoms. The molecule has 0 saturated heterocycles. The van der Waals surface area contributed by atoms with Crippen LogP contribution in [0.5, 0.6) is 5.75 Å². The number of carbonyl (C=O) groups excluding carboxylic acids is 2. The summed E-state index contributed by atoms with van der Waals surface area (Å²) in [5.41, 5.74) is 1.91. The van der Waals surface area contributed by atoms with E-state index >= 15 is 0 Å². The van der Waals surface area contributed by atoms with E-state index in [1.54, 1.807) is 12.1 Å². The number of aryl methyl sites for hydroxylation is 1. The zero-order chi connectivity index (χ0) is 21.7. The van der Waals surface area contributed by atoms with Crippen LogP contribution in [0.4, 0.5) is 5.00 Å². The minimum atomic E-state index is -0.398. The van der Waals surface area contributed by atoms with Crippen LogP contribution in [0.2, 0.25) is 0 Å². The molecule has 0 aliphatic heterocycles. The zero-order valence-electron chi connectivity index (χ0n) is 16.8. The van der Waals surface area contributed by atoms with E-state index in [-0.39, 0.29) is 11.0 Å². The van der Waals surface area contributed by atoms with Crippen LogP contribution in [0.25, 0.3) is 0 Å². The highest BCUT2D eigenvalue weighted by atomic mass is 79.9. The Morgan fingerprint density at radius 2 is 2.10 bits per heavy atom. The van der Waals surface area contributed by atoms with Crippen LogP contribution in [0, 0.1) is 0 Å². The summed E-state index contributed by atoms with van der Waals surface area (Å²) in [5, 5.41) is 6.41. The lowest BCUT2D eigenvalue weighted by atomic mass is 10.1. The topological polar surface area (TPSA) is 76.7 Å². The van der Waals surface area contributed by atoms with Gasteiger partial charge in [-0.25, -0.2) is 4.79 Å². The largest absolute Gasteiger partial charge is 0.493 e. The molecule has 1 aliphatic rings. The SMILES string of the molecule is CCCCOc1ccc(Br)cc1C(=O)NC(=S)Nc1sc2c(c1C(=O)OC)CCC2. The van der Waals surface area contributed by atoms with Crippen LogP contribution in [-0.4, -0.2) is 30.7 Å². The molecule has 2 aromatic rings. The van der Waals surface area contributed by atoms with Gasteiger partial charge in [-0.2, -0.15) is 0 Å². The highest BCUT2D eigenvalue weighted by Crippen LogP contribution is 2.39. The average Bonchev–Trinajstić information content (AvgIpc) is 3.29. The van der Waals surface area contributed by atoms with Crippen molar-refractivity contribution in [2.45, 2.75) is 39.0 Å². The van der Waals surface area contributed by atoms with Gasteiger partial charge in [-0.05, 0) is 61.7 Å². The van der Waals surface area contributed by atoms with Gasteiger partial charge in [0, 0.05) is 9.35 Å². The first-order valence-corrected chi connectivity index (χ1v) is 11.7. The van der Waals surface area contributed by atoms with Gasteiger partial charge in [0.2, 0.25) is 0 Å². The van der Waals surface area contributed by atoms with E-state index in [1.807, 2.05) is 6.07 Å². The second-order valence-corrected chi connectivity index (χ2v) is 9.23.